The molecule has 0 aromatic heterocycles. The van der Waals surface area contributed by atoms with E-state index in [0.717, 1.165) is 21.8 Å². The zero-order valence-corrected chi connectivity index (χ0v) is 13.3. The van der Waals surface area contributed by atoms with E-state index in [0.29, 0.717) is 17.1 Å². The number of halogens is 2. The molecule has 0 bridgehead atoms. The first-order valence-electron chi connectivity index (χ1n) is 6.52. The van der Waals surface area contributed by atoms with Gasteiger partial charge in [-0.15, -0.1) is 0 Å². The minimum Gasteiger partial charge on any atom is -0.381 e. The van der Waals surface area contributed by atoms with Crippen molar-refractivity contribution in [3.05, 3.63) is 63.1 Å². The minimum absolute atomic E-state index is 0.206. The molecule has 0 aliphatic carbocycles. The van der Waals surface area contributed by atoms with Crippen molar-refractivity contribution in [1.29, 1.82) is 0 Å². The molecule has 0 radical (unpaired) electrons. The minimum atomic E-state index is -0.206. The van der Waals surface area contributed by atoms with Crippen LogP contribution in [0, 0.1) is 6.92 Å². The Morgan fingerprint density at radius 3 is 2.52 bits per heavy atom. The number of hydrogen-bond acceptors (Lipinski definition) is 2. The molecular formula is C16H16Cl2N2O. The third kappa shape index (κ3) is 3.90. The fourth-order valence-electron chi connectivity index (χ4n) is 1.89. The average molecular weight is 323 g/mol. The van der Waals surface area contributed by atoms with Crippen LogP contribution in [0.15, 0.2) is 36.4 Å². The van der Waals surface area contributed by atoms with Gasteiger partial charge in [0.15, 0.2) is 0 Å². The molecule has 110 valence electrons. The lowest BCUT2D eigenvalue weighted by atomic mass is 10.1. The highest BCUT2D eigenvalue weighted by molar-refractivity contribution is 6.34. The predicted molar refractivity (Wildman–Crippen MR) is 88.4 cm³/mol. The van der Waals surface area contributed by atoms with E-state index >= 15 is 0 Å². The summed E-state index contributed by atoms with van der Waals surface area (Å²) in [6, 6.07) is 11.2. The Bertz CT molecular complexity index is 671. The summed E-state index contributed by atoms with van der Waals surface area (Å²) in [5, 5.41) is 7.00. The van der Waals surface area contributed by atoms with Crippen molar-refractivity contribution in [1.82, 2.24) is 5.32 Å². The molecule has 21 heavy (non-hydrogen) atoms. The molecule has 2 N–H and O–H groups in total. The summed E-state index contributed by atoms with van der Waals surface area (Å²) in [4.78, 5) is 11.7. The molecule has 2 rings (SSSR count). The molecule has 0 saturated heterocycles. The Morgan fingerprint density at radius 1 is 1.10 bits per heavy atom. The first-order valence-corrected chi connectivity index (χ1v) is 7.27. The third-order valence-electron chi connectivity index (χ3n) is 3.17. The van der Waals surface area contributed by atoms with E-state index in [4.69, 9.17) is 23.2 Å². The van der Waals surface area contributed by atoms with E-state index in [2.05, 4.69) is 10.6 Å². The molecular weight excluding hydrogens is 307 g/mol. The Morgan fingerprint density at radius 2 is 1.86 bits per heavy atom. The molecule has 0 fully saturated rings. The highest BCUT2D eigenvalue weighted by atomic mass is 35.5. The highest BCUT2D eigenvalue weighted by Gasteiger charge is 2.09. The summed E-state index contributed by atoms with van der Waals surface area (Å²) in [6.07, 6.45) is 0. The van der Waals surface area contributed by atoms with Crippen molar-refractivity contribution in [2.24, 2.45) is 0 Å². The van der Waals surface area contributed by atoms with Crippen molar-refractivity contribution < 1.29 is 4.79 Å². The van der Waals surface area contributed by atoms with Crippen molar-refractivity contribution in [2.45, 2.75) is 13.5 Å². The monoisotopic (exact) mass is 322 g/mol. The number of aryl methyl sites for hydroxylation is 1. The quantitative estimate of drug-likeness (QED) is 0.882. The highest BCUT2D eigenvalue weighted by Crippen LogP contribution is 2.22. The van der Waals surface area contributed by atoms with Gasteiger partial charge in [0.25, 0.3) is 5.91 Å². The van der Waals surface area contributed by atoms with Crippen LogP contribution in [0.25, 0.3) is 0 Å². The molecule has 5 heteroatoms. The van der Waals surface area contributed by atoms with Crippen LogP contribution in [-0.2, 0) is 6.54 Å². The SMILES string of the molecule is CNC(=O)c1cc(NCc2ccc(C)c(Cl)c2)ccc1Cl. The van der Waals surface area contributed by atoms with Crippen LogP contribution < -0.4 is 10.6 Å². The van der Waals surface area contributed by atoms with Crippen LogP contribution >= 0.6 is 23.2 Å². The number of amides is 1. The Balaban J connectivity index is 2.13. The van der Waals surface area contributed by atoms with Gasteiger partial charge < -0.3 is 10.6 Å². The lowest BCUT2D eigenvalue weighted by molar-refractivity contribution is 0.0963. The van der Waals surface area contributed by atoms with Gasteiger partial charge in [-0.2, -0.15) is 0 Å². The average Bonchev–Trinajstić information content (AvgIpc) is 2.49. The molecule has 0 unspecified atom stereocenters. The smallest absolute Gasteiger partial charge is 0.252 e. The van der Waals surface area contributed by atoms with E-state index in [1.54, 1.807) is 19.2 Å². The van der Waals surface area contributed by atoms with Gasteiger partial charge in [0.2, 0.25) is 0 Å². The number of nitrogens with one attached hydrogen (secondary N) is 2. The summed E-state index contributed by atoms with van der Waals surface area (Å²) < 4.78 is 0. The predicted octanol–water partition coefficient (Wildman–Crippen LogP) is 4.27. The first kappa shape index (κ1) is 15.7. The molecule has 1 amide bonds. The molecule has 0 heterocycles. The zero-order valence-electron chi connectivity index (χ0n) is 11.8. The van der Waals surface area contributed by atoms with Crippen LogP contribution in [0.3, 0.4) is 0 Å². The van der Waals surface area contributed by atoms with Crippen molar-refractivity contribution in [2.75, 3.05) is 12.4 Å². The number of benzene rings is 2. The van der Waals surface area contributed by atoms with Gasteiger partial charge in [0, 0.05) is 24.3 Å². The summed E-state index contributed by atoms with van der Waals surface area (Å²) in [5.74, 6) is -0.206. The standard InChI is InChI=1S/C16H16Cl2N2O/c1-10-3-4-11(7-15(10)18)9-20-12-5-6-14(17)13(8-12)16(21)19-2/h3-8,20H,9H2,1-2H3,(H,19,21). The molecule has 0 saturated carbocycles. The summed E-state index contributed by atoms with van der Waals surface area (Å²) in [6.45, 7) is 2.59. The number of carbonyl (C=O) groups excluding carboxylic acids is 1. The number of hydrogen-bond donors (Lipinski definition) is 2. The van der Waals surface area contributed by atoms with Gasteiger partial charge >= 0.3 is 0 Å². The second-order valence-corrected chi connectivity index (χ2v) is 5.53. The van der Waals surface area contributed by atoms with Gasteiger partial charge in [-0.3, -0.25) is 4.79 Å². The topological polar surface area (TPSA) is 41.1 Å². The number of rotatable bonds is 4. The number of carbonyl (C=O) groups is 1. The second kappa shape index (κ2) is 6.83. The summed E-state index contributed by atoms with van der Waals surface area (Å²) >= 11 is 12.1. The molecule has 0 spiro atoms. The van der Waals surface area contributed by atoms with E-state index in [1.807, 2.05) is 31.2 Å². The zero-order chi connectivity index (χ0) is 15.4. The van der Waals surface area contributed by atoms with Crippen LogP contribution in [0.2, 0.25) is 10.0 Å². The van der Waals surface area contributed by atoms with Crippen molar-refractivity contribution >= 4 is 34.8 Å². The fraction of sp³-hybridized carbons (Fsp3) is 0.188. The normalized spacial score (nSPS) is 10.3. The lowest BCUT2D eigenvalue weighted by Crippen LogP contribution is -2.18. The van der Waals surface area contributed by atoms with Crippen LogP contribution in [0.5, 0.6) is 0 Å². The van der Waals surface area contributed by atoms with Gasteiger partial charge in [-0.05, 0) is 42.3 Å². The van der Waals surface area contributed by atoms with Gasteiger partial charge in [-0.1, -0.05) is 35.3 Å². The maximum absolute atomic E-state index is 11.7. The Labute approximate surface area is 134 Å². The second-order valence-electron chi connectivity index (χ2n) is 4.71. The van der Waals surface area contributed by atoms with E-state index in [9.17, 15) is 4.79 Å². The maximum Gasteiger partial charge on any atom is 0.252 e. The van der Waals surface area contributed by atoms with Gasteiger partial charge in [0.05, 0.1) is 10.6 Å². The first-order chi connectivity index (χ1) is 10.0. The van der Waals surface area contributed by atoms with E-state index < -0.39 is 0 Å². The van der Waals surface area contributed by atoms with Gasteiger partial charge in [0.1, 0.15) is 0 Å². The van der Waals surface area contributed by atoms with Gasteiger partial charge in [-0.25, -0.2) is 0 Å². The van der Waals surface area contributed by atoms with Crippen molar-refractivity contribution in [3.8, 4) is 0 Å². The summed E-state index contributed by atoms with van der Waals surface area (Å²) in [7, 11) is 1.58. The molecule has 2 aromatic carbocycles. The summed E-state index contributed by atoms with van der Waals surface area (Å²) in [5.41, 5.74) is 3.40. The molecule has 0 aliphatic rings. The number of anilines is 1. The lowest BCUT2D eigenvalue weighted by Gasteiger charge is -2.10. The Hall–Kier alpha value is -1.71. The Kier molecular flexibility index (Phi) is 5.10. The maximum atomic E-state index is 11.7. The van der Waals surface area contributed by atoms with Crippen molar-refractivity contribution in [3.63, 3.8) is 0 Å². The molecule has 0 atom stereocenters. The fourth-order valence-corrected chi connectivity index (χ4v) is 2.30. The molecule has 0 aliphatic heterocycles. The van der Waals surface area contributed by atoms with E-state index in [1.165, 1.54) is 0 Å². The molecule has 2 aromatic rings. The third-order valence-corrected chi connectivity index (χ3v) is 3.91. The van der Waals surface area contributed by atoms with E-state index in [-0.39, 0.29) is 5.91 Å². The van der Waals surface area contributed by atoms with Crippen LogP contribution in [-0.4, -0.2) is 13.0 Å². The van der Waals surface area contributed by atoms with Crippen LogP contribution in [0.1, 0.15) is 21.5 Å². The molecule has 3 nitrogen and oxygen atoms in total. The largest absolute Gasteiger partial charge is 0.381 e. The van der Waals surface area contributed by atoms with Crippen LogP contribution in [0.4, 0.5) is 5.69 Å².